The van der Waals surface area contributed by atoms with Crippen LogP contribution < -0.4 is 0 Å². The van der Waals surface area contributed by atoms with Crippen molar-refractivity contribution in [3.63, 3.8) is 0 Å². The molecule has 6 nitrogen and oxygen atoms in total. The molecular weight excluding hydrogens is 326 g/mol. The van der Waals surface area contributed by atoms with Crippen LogP contribution in [-0.4, -0.2) is 40.9 Å². The van der Waals surface area contributed by atoms with Crippen LogP contribution in [0.15, 0.2) is 35.4 Å². The molecule has 2 aromatic rings. The summed E-state index contributed by atoms with van der Waals surface area (Å²) in [5, 5.41) is 9.61. The highest BCUT2D eigenvalue weighted by Crippen LogP contribution is 2.33. The standard InChI is InChI=1S/C17H15N3O3S/c1-23-9-8-20-16(21)15(24-17(20)22)10-12-11-19(7-6-18)14-5-3-2-4-13(12)14/h2-5,10-11H,7-9H2,1H3/b15-10+. The molecule has 24 heavy (non-hydrogen) atoms. The second-order valence-electron chi connectivity index (χ2n) is 5.21. The second-order valence-corrected chi connectivity index (χ2v) is 6.21. The number of rotatable bonds is 5. The third-order valence-corrected chi connectivity index (χ3v) is 4.65. The van der Waals surface area contributed by atoms with Crippen molar-refractivity contribution in [3.8, 4) is 6.07 Å². The number of para-hydroxylation sites is 1. The fourth-order valence-electron chi connectivity index (χ4n) is 2.61. The van der Waals surface area contributed by atoms with Crippen molar-refractivity contribution >= 4 is 39.9 Å². The summed E-state index contributed by atoms with van der Waals surface area (Å²) >= 11 is 0.927. The van der Waals surface area contributed by atoms with Crippen LogP contribution >= 0.6 is 11.8 Å². The van der Waals surface area contributed by atoms with Crippen molar-refractivity contribution in [2.24, 2.45) is 0 Å². The summed E-state index contributed by atoms with van der Waals surface area (Å²) in [5.41, 5.74) is 1.74. The van der Waals surface area contributed by atoms with Gasteiger partial charge in [0.1, 0.15) is 6.54 Å². The minimum atomic E-state index is -0.306. The number of thioether (sulfide) groups is 1. The molecule has 3 rings (SSSR count). The zero-order chi connectivity index (χ0) is 17.1. The summed E-state index contributed by atoms with van der Waals surface area (Å²) in [6.07, 6.45) is 3.55. The van der Waals surface area contributed by atoms with Gasteiger partial charge in [-0.05, 0) is 23.9 Å². The minimum Gasteiger partial charge on any atom is -0.383 e. The number of amides is 2. The Hall–Kier alpha value is -2.56. The lowest BCUT2D eigenvalue weighted by atomic mass is 10.1. The van der Waals surface area contributed by atoms with Gasteiger partial charge in [-0.3, -0.25) is 14.5 Å². The lowest BCUT2D eigenvalue weighted by Crippen LogP contribution is -2.31. The number of methoxy groups -OCH3 is 1. The number of carbonyl (C=O) groups excluding carboxylic acids is 2. The van der Waals surface area contributed by atoms with E-state index in [1.165, 1.54) is 12.0 Å². The normalized spacial score (nSPS) is 16.3. The molecule has 2 amide bonds. The average Bonchev–Trinajstić information content (AvgIpc) is 3.05. The van der Waals surface area contributed by atoms with E-state index in [4.69, 9.17) is 10.00 Å². The molecule has 0 bridgehead atoms. The highest BCUT2D eigenvalue weighted by Gasteiger charge is 2.34. The molecule has 1 aliphatic rings. The van der Waals surface area contributed by atoms with Gasteiger partial charge in [-0.25, -0.2) is 0 Å². The van der Waals surface area contributed by atoms with Crippen molar-refractivity contribution in [1.82, 2.24) is 9.47 Å². The molecule has 1 fully saturated rings. The van der Waals surface area contributed by atoms with E-state index in [1.807, 2.05) is 35.0 Å². The molecule has 122 valence electrons. The van der Waals surface area contributed by atoms with Crippen LogP contribution in [0.4, 0.5) is 4.79 Å². The Morgan fingerprint density at radius 3 is 2.88 bits per heavy atom. The molecule has 1 aliphatic heterocycles. The lowest BCUT2D eigenvalue weighted by molar-refractivity contribution is -0.123. The largest absolute Gasteiger partial charge is 0.383 e. The zero-order valence-electron chi connectivity index (χ0n) is 13.1. The van der Waals surface area contributed by atoms with Crippen LogP contribution in [0.2, 0.25) is 0 Å². The Morgan fingerprint density at radius 2 is 2.12 bits per heavy atom. The van der Waals surface area contributed by atoms with Crippen LogP contribution in [0.1, 0.15) is 5.56 Å². The summed E-state index contributed by atoms with van der Waals surface area (Å²) < 4.78 is 6.76. The summed E-state index contributed by atoms with van der Waals surface area (Å²) in [5.74, 6) is -0.306. The monoisotopic (exact) mass is 341 g/mol. The third kappa shape index (κ3) is 2.94. The molecule has 0 aliphatic carbocycles. The van der Waals surface area contributed by atoms with Gasteiger partial charge >= 0.3 is 0 Å². The molecule has 0 radical (unpaired) electrons. The third-order valence-electron chi connectivity index (χ3n) is 3.74. The maximum absolute atomic E-state index is 12.4. The Kier molecular flexibility index (Phi) is 4.69. The molecule has 0 unspecified atom stereocenters. The van der Waals surface area contributed by atoms with Gasteiger partial charge in [-0.1, -0.05) is 18.2 Å². The topological polar surface area (TPSA) is 75.3 Å². The van der Waals surface area contributed by atoms with Crippen LogP contribution in [0.25, 0.3) is 17.0 Å². The van der Waals surface area contributed by atoms with E-state index in [-0.39, 0.29) is 24.2 Å². The van der Waals surface area contributed by atoms with E-state index >= 15 is 0 Å². The van der Waals surface area contributed by atoms with Crippen LogP contribution in [0.3, 0.4) is 0 Å². The van der Waals surface area contributed by atoms with Crippen molar-refractivity contribution in [2.75, 3.05) is 20.3 Å². The van der Waals surface area contributed by atoms with Crippen molar-refractivity contribution < 1.29 is 14.3 Å². The summed E-state index contributed by atoms with van der Waals surface area (Å²) in [6, 6.07) is 9.79. The summed E-state index contributed by atoms with van der Waals surface area (Å²) in [7, 11) is 1.53. The van der Waals surface area contributed by atoms with Crippen molar-refractivity contribution in [2.45, 2.75) is 6.54 Å². The fourth-order valence-corrected chi connectivity index (χ4v) is 3.47. The predicted octanol–water partition coefficient (Wildman–Crippen LogP) is 2.85. The Balaban J connectivity index is 1.97. The average molecular weight is 341 g/mol. The molecule has 2 heterocycles. The van der Waals surface area contributed by atoms with E-state index in [0.29, 0.717) is 11.5 Å². The van der Waals surface area contributed by atoms with E-state index in [9.17, 15) is 9.59 Å². The van der Waals surface area contributed by atoms with Crippen LogP contribution in [0, 0.1) is 11.3 Å². The van der Waals surface area contributed by atoms with Gasteiger partial charge in [0.2, 0.25) is 0 Å². The van der Waals surface area contributed by atoms with E-state index in [1.54, 1.807) is 6.08 Å². The first-order valence-electron chi connectivity index (χ1n) is 7.35. The number of hydrogen-bond acceptors (Lipinski definition) is 5. The van der Waals surface area contributed by atoms with Gasteiger partial charge in [0, 0.05) is 29.8 Å². The fraction of sp³-hybridized carbons (Fsp3) is 0.235. The number of ether oxygens (including phenoxy) is 1. The number of imide groups is 1. The molecule has 1 saturated heterocycles. The van der Waals surface area contributed by atoms with Crippen molar-refractivity contribution in [1.29, 1.82) is 5.26 Å². The molecular formula is C17H15N3O3S. The second kappa shape index (κ2) is 6.91. The first kappa shape index (κ1) is 16.3. The molecule has 1 aromatic carbocycles. The Bertz CT molecular complexity index is 879. The van der Waals surface area contributed by atoms with Crippen molar-refractivity contribution in [3.05, 3.63) is 40.9 Å². The molecule has 0 spiro atoms. The summed E-state index contributed by atoms with van der Waals surface area (Å²) in [4.78, 5) is 26.0. The number of carbonyl (C=O) groups is 2. The number of fused-ring (bicyclic) bond motifs is 1. The predicted molar refractivity (Wildman–Crippen MR) is 92.1 cm³/mol. The number of aromatic nitrogens is 1. The molecule has 0 saturated carbocycles. The van der Waals surface area contributed by atoms with Gasteiger partial charge in [0.25, 0.3) is 11.1 Å². The number of nitriles is 1. The Morgan fingerprint density at radius 1 is 1.33 bits per heavy atom. The van der Waals surface area contributed by atoms with Gasteiger partial charge in [0.15, 0.2) is 0 Å². The quantitative estimate of drug-likeness (QED) is 0.782. The molecule has 7 heteroatoms. The number of nitrogens with zero attached hydrogens (tertiary/aromatic N) is 3. The van der Waals surface area contributed by atoms with Gasteiger partial charge < -0.3 is 9.30 Å². The lowest BCUT2D eigenvalue weighted by Gasteiger charge is -2.10. The van der Waals surface area contributed by atoms with E-state index < -0.39 is 0 Å². The maximum atomic E-state index is 12.4. The first-order chi connectivity index (χ1) is 11.7. The number of benzene rings is 1. The molecule has 1 aromatic heterocycles. The van der Waals surface area contributed by atoms with Crippen LogP contribution in [0.5, 0.6) is 0 Å². The minimum absolute atomic E-state index is 0.226. The highest BCUT2D eigenvalue weighted by atomic mass is 32.2. The van der Waals surface area contributed by atoms with Gasteiger partial charge in [0.05, 0.1) is 24.1 Å². The maximum Gasteiger partial charge on any atom is 0.293 e. The molecule has 0 atom stereocenters. The van der Waals surface area contributed by atoms with Gasteiger partial charge in [-0.15, -0.1) is 0 Å². The first-order valence-corrected chi connectivity index (χ1v) is 8.16. The van der Waals surface area contributed by atoms with E-state index in [2.05, 4.69) is 6.07 Å². The van der Waals surface area contributed by atoms with Crippen LogP contribution in [-0.2, 0) is 16.1 Å². The van der Waals surface area contributed by atoms with E-state index in [0.717, 1.165) is 28.2 Å². The smallest absolute Gasteiger partial charge is 0.293 e. The SMILES string of the molecule is COCCN1C(=O)S/C(=C/c2cn(CC#N)c3ccccc23)C1=O. The Labute approximate surface area is 143 Å². The van der Waals surface area contributed by atoms with Gasteiger partial charge in [-0.2, -0.15) is 5.26 Å². The zero-order valence-corrected chi connectivity index (χ0v) is 13.9. The molecule has 0 N–H and O–H groups in total. The number of hydrogen-bond donors (Lipinski definition) is 0. The highest BCUT2D eigenvalue weighted by molar-refractivity contribution is 8.18. The summed E-state index contributed by atoms with van der Waals surface area (Å²) in [6.45, 7) is 0.783.